The molecule has 6 nitrogen and oxygen atoms in total. The summed E-state index contributed by atoms with van der Waals surface area (Å²) in [6.45, 7) is 0.328. The van der Waals surface area contributed by atoms with Crippen LogP contribution in [0.2, 0.25) is 0 Å². The molecule has 7 heteroatoms. The first kappa shape index (κ1) is 14.9. The molecule has 1 amide bonds. The summed E-state index contributed by atoms with van der Waals surface area (Å²) in [7, 11) is 0. The molecule has 0 saturated heterocycles. The monoisotopic (exact) mass is 341 g/mol. The number of carboxylic acids is 1. The fourth-order valence-corrected chi connectivity index (χ4v) is 3.84. The summed E-state index contributed by atoms with van der Waals surface area (Å²) >= 11 is 1.50. The van der Waals surface area contributed by atoms with Gasteiger partial charge >= 0.3 is 5.97 Å². The highest BCUT2D eigenvalue weighted by Crippen LogP contribution is 2.24. The summed E-state index contributed by atoms with van der Waals surface area (Å²) in [4.78, 5) is 31.0. The van der Waals surface area contributed by atoms with Crippen molar-refractivity contribution in [3.05, 3.63) is 58.9 Å². The van der Waals surface area contributed by atoms with Gasteiger partial charge in [-0.3, -0.25) is 9.20 Å². The van der Waals surface area contributed by atoms with Crippen molar-refractivity contribution in [3.63, 3.8) is 0 Å². The standard InChI is InChI=1S/C17H15N3O3S/c21-15(8-13-10-19-5-6-24-17(19)18-13)20-9-12-4-2-1-3-11(12)7-14(20)16(22)23/h1-6,10,14H,7-9H2,(H,22,23)/t14-/m1/s1. The van der Waals surface area contributed by atoms with Gasteiger partial charge in [-0.25, -0.2) is 9.78 Å². The summed E-state index contributed by atoms with van der Waals surface area (Å²) in [6.07, 6.45) is 4.16. The molecule has 122 valence electrons. The average Bonchev–Trinajstić information content (AvgIpc) is 3.14. The number of aromatic nitrogens is 2. The molecule has 1 aliphatic heterocycles. The molecular formula is C17H15N3O3S. The van der Waals surface area contributed by atoms with Gasteiger partial charge in [0, 0.05) is 30.7 Å². The molecule has 1 aliphatic rings. The van der Waals surface area contributed by atoms with E-state index < -0.39 is 12.0 Å². The second-order valence-corrected chi connectivity index (χ2v) is 6.72. The number of fused-ring (bicyclic) bond motifs is 2. The molecule has 0 fully saturated rings. The Bertz CT molecular complexity index is 901. The van der Waals surface area contributed by atoms with Crippen molar-refractivity contribution < 1.29 is 14.7 Å². The largest absolute Gasteiger partial charge is 0.480 e. The molecule has 0 saturated carbocycles. The van der Waals surface area contributed by atoms with E-state index in [0.29, 0.717) is 18.7 Å². The van der Waals surface area contributed by atoms with Gasteiger partial charge in [0.2, 0.25) is 5.91 Å². The van der Waals surface area contributed by atoms with Crippen molar-refractivity contribution in [3.8, 4) is 0 Å². The zero-order chi connectivity index (χ0) is 16.7. The molecule has 24 heavy (non-hydrogen) atoms. The van der Waals surface area contributed by atoms with E-state index >= 15 is 0 Å². The van der Waals surface area contributed by atoms with Crippen molar-refractivity contribution in [2.24, 2.45) is 0 Å². The molecule has 4 rings (SSSR count). The van der Waals surface area contributed by atoms with Crippen LogP contribution in [0, 0.1) is 0 Å². The quantitative estimate of drug-likeness (QED) is 0.790. The molecule has 3 aromatic rings. The van der Waals surface area contributed by atoms with Crippen molar-refractivity contribution in [1.29, 1.82) is 0 Å². The minimum Gasteiger partial charge on any atom is -0.480 e. The van der Waals surface area contributed by atoms with Crippen LogP contribution in [0.5, 0.6) is 0 Å². The Kier molecular flexibility index (Phi) is 3.57. The molecule has 0 spiro atoms. The van der Waals surface area contributed by atoms with E-state index in [1.54, 1.807) is 0 Å². The third-order valence-electron chi connectivity index (χ3n) is 4.33. The van der Waals surface area contributed by atoms with Gasteiger partial charge in [0.25, 0.3) is 0 Å². The number of rotatable bonds is 3. The number of benzene rings is 1. The number of carbonyl (C=O) groups excluding carboxylic acids is 1. The van der Waals surface area contributed by atoms with Crippen LogP contribution in [0.15, 0.2) is 42.0 Å². The molecule has 0 bridgehead atoms. The molecule has 0 radical (unpaired) electrons. The topological polar surface area (TPSA) is 74.9 Å². The zero-order valence-corrected chi connectivity index (χ0v) is 13.6. The molecule has 2 aromatic heterocycles. The van der Waals surface area contributed by atoms with E-state index in [1.165, 1.54) is 16.2 Å². The molecular weight excluding hydrogens is 326 g/mol. The van der Waals surface area contributed by atoms with Crippen molar-refractivity contribution >= 4 is 28.2 Å². The van der Waals surface area contributed by atoms with Gasteiger partial charge in [0.1, 0.15) is 6.04 Å². The minimum atomic E-state index is -0.969. The predicted octanol–water partition coefficient (Wildman–Crippen LogP) is 1.98. The van der Waals surface area contributed by atoms with Crippen LogP contribution in [0.4, 0.5) is 0 Å². The number of carbonyl (C=O) groups is 2. The van der Waals surface area contributed by atoms with E-state index in [2.05, 4.69) is 4.98 Å². The maximum atomic E-state index is 12.7. The lowest BCUT2D eigenvalue weighted by atomic mass is 9.93. The van der Waals surface area contributed by atoms with Crippen molar-refractivity contribution in [1.82, 2.24) is 14.3 Å². The van der Waals surface area contributed by atoms with Crippen LogP contribution in [0.3, 0.4) is 0 Å². The predicted molar refractivity (Wildman–Crippen MR) is 88.9 cm³/mol. The number of carboxylic acid groups (broad SMARTS) is 1. The van der Waals surface area contributed by atoms with Gasteiger partial charge in [-0.05, 0) is 11.1 Å². The van der Waals surface area contributed by atoms with Gasteiger partial charge in [0.05, 0.1) is 12.1 Å². The smallest absolute Gasteiger partial charge is 0.326 e. The van der Waals surface area contributed by atoms with Gasteiger partial charge in [0.15, 0.2) is 4.96 Å². The fourth-order valence-electron chi connectivity index (χ4n) is 3.12. The second-order valence-electron chi connectivity index (χ2n) is 5.85. The maximum Gasteiger partial charge on any atom is 0.326 e. The third kappa shape index (κ3) is 2.56. The van der Waals surface area contributed by atoms with Crippen LogP contribution in [0.25, 0.3) is 4.96 Å². The van der Waals surface area contributed by atoms with Crippen LogP contribution < -0.4 is 0 Å². The van der Waals surface area contributed by atoms with Crippen molar-refractivity contribution in [2.45, 2.75) is 25.4 Å². The number of hydrogen-bond donors (Lipinski definition) is 1. The van der Waals surface area contributed by atoms with E-state index in [0.717, 1.165) is 16.1 Å². The van der Waals surface area contributed by atoms with Gasteiger partial charge < -0.3 is 10.0 Å². The highest BCUT2D eigenvalue weighted by Gasteiger charge is 2.34. The van der Waals surface area contributed by atoms with E-state index in [9.17, 15) is 14.7 Å². The van der Waals surface area contributed by atoms with Gasteiger partial charge in [-0.1, -0.05) is 24.3 Å². The molecule has 1 N–H and O–H groups in total. The van der Waals surface area contributed by atoms with Crippen LogP contribution in [-0.4, -0.2) is 37.3 Å². The maximum absolute atomic E-state index is 12.7. The Morgan fingerprint density at radius 1 is 1.29 bits per heavy atom. The van der Waals surface area contributed by atoms with Crippen LogP contribution in [-0.2, 0) is 29.0 Å². The highest BCUT2D eigenvalue weighted by atomic mass is 32.1. The molecule has 3 heterocycles. The van der Waals surface area contributed by atoms with E-state index in [4.69, 9.17) is 0 Å². The summed E-state index contributed by atoms with van der Waals surface area (Å²) in [6, 6.07) is 6.85. The molecule has 0 unspecified atom stereocenters. The van der Waals surface area contributed by atoms with Crippen LogP contribution in [0.1, 0.15) is 16.8 Å². The Labute approximate surface area is 142 Å². The normalized spacial score (nSPS) is 17.0. The fraction of sp³-hybridized carbons (Fsp3) is 0.235. The van der Waals surface area contributed by atoms with Gasteiger partial charge in [-0.15, -0.1) is 11.3 Å². The molecule has 1 aromatic carbocycles. The summed E-state index contributed by atoms with van der Waals surface area (Å²) in [5.41, 5.74) is 2.67. The van der Waals surface area contributed by atoms with Crippen molar-refractivity contribution in [2.75, 3.05) is 0 Å². The molecule has 0 aliphatic carbocycles. The summed E-state index contributed by atoms with van der Waals surface area (Å²) < 4.78 is 1.87. The van der Waals surface area contributed by atoms with E-state index in [-0.39, 0.29) is 12.3 Å². The third-order valence-corrected chi connectivity index (χ3v) is 5.10. The lowest BCUT2D eigenvalue weighted by molar-refractivity contribution is -0.151. The Morgan fingerprint density at radius 2 is 2.08 bits per heavy atom. The first-order valence-corrected chi connectivity index (χ1v) is 8.50. The number of hydrogen-bond acceptors (Lipinski definition) is 4. The second kappa shape index (κ2) is 5.76. The summed E-state index contributed by atoms with van der Waals surface area (Å²) in [5.74, 6) is -1.17. The lowest BCUT2D eigenvalue weighted by Crippen LogP contribution is -2.49. The van der Waals surface area contributed by atoms with E-state index in [1.807, 2.05) is 46.4 Å². The first-order chi connectivity index (χ1) is 11.6. The zero-order valence-electron chi connectivity index (χ0n) is 12.8. The number of thiazole rings is 1. The molecule has 1 atom stereocenters. The lowest BCUT2D eigenvalue weighted by Gasteiger charge is -2.34. The SMILES string of the molecule is O=C(O)[C@H]1Cc2ccccc2CN1C(=O)Cc1cn2ccsc2n1. The Morgan fingerprint density at radius 3 is 2.83 bits per heavy atom. The Hall–Kier alpha value is -2.67. The number of nitrogens with zero attached hydrogens (tertiary/aromatic N) is 3. The summed E-state index contributed by atoms with van der Waals surface area (Å²) in [5, 5.41) is 11.4. The van der Waals surface area contributed by atoms with Crippen LogP contribution >= 0.6 is 11.3 Å². The minimum absolute atomic E-state index is 0.111. The number of aliphatic carboxylic acids is 1. The number of amides is 1. The Balaban J connectivity index is 1.59. The number of imidazole rings is 1. The average molecular weight is 341 g/mol. The van der Waals surface area contributed by atoms with Gasteiger partial charge in [-0.2, -0.15) is 0 Å². The highest BCUT2D eigenvalue weighted by molar-refractivity contribution is 7.15. The first-order valence-electron chi connectivity index (χ1n) is 7.62.